The van der Waals surface area contributed by atoms with Gasteiger partial charge >= 0.3 is 5.97 Å². The quantitative estimate of drug-likeness (QED) is 0.0332. The summed E-state index contributed by atoms with van der Waals surface area (Å²) in [5, 5.41) is 23.5. The van der Waals surface area contributed by atoms with Gasteiger partial charge in [-0.05, 0) is 77.0 Å². The Labute approximate surface area is 322 Å². The normalized spacial score (nSPS) is 13.7. The number of carbonyl (C=O) groups excluding carboxylic acids is 2. The number of amides is 1. The van der Waals surface area contributed by atoms with Crippen molar-refractivity contribution in [1.29, 1.82) is 0 Å². The molecule has 3 unspecified atom stereocenters. The maximum atomic E-state index is 13.1. The summed E-state index contributed by atoms with van der Waals surface area (Å²) in [7, 11) is 0. The fourth-order valence-electron chi connectivity index (χ4n) is 6.58. The lowest BCUT2D eigenvalue weighted by Gasteiger charge is -2.24. The van der Waals surface area contributed by atoms with E-state index in [1.165, 1.54) is 89.9 Å². The number of aliphatic hydroxyl groups excluding tert-OH is 2. The van der Waals surface area contributed by atoms with Crippen LogP contribution in [0.4, 0.5) is 0 Å². The Kier molecular flexibility index (Phi) is 38.8. The fraction of sp³-hybridized carbons (Fsp3) is 0.826. The molecule has 0 spiro atoms. The van der Waals surface area contributed by atoms with Crippen LogP contribution in [0.2, 0.25) is 0 Å². The molecule has 0 heterocycles. The van der Waals surface area contributed by atoms with E-state index in [4.69, 9.17) is 4.74 Å². The third kappa shape index (κ3) is 35.1. The highest BCUT2D eigenvalue weighted by Crippen LogP contribution is 2.17. The van der Waals surface area contributed by atoms with Gasteiger partial charge in [0.2, 0.25) is 5.91 Å². The lowest BCUT2D eigenvalue weighted by Crippen LogP contribution is -2.46. The fourth-order valence-corrected chi connectivity index (χ4v) is 6.58. The van der Waals surface area contributed by atoms with Crippen molar-refractivity contribution >= 4 is 11.9 Å². The molecule has 0 saturated heterocycles. The summed E-state index contributed by atoms with van der Waals surface area (Å²) in [6, 6.07) is -0.703. The Morgan fingerprint density at radius 2 is 1.04 bits per heavy atom. The van der Waals surface area contributed by atoms with Gasteiger partial charge in [-0.2, -0.15) is 0 Å². The van der Waals surface area contributed by atoms with Crippen LogP contribution in [-0.2, 0) is 14.3 Å². The predicted molar refractivity (Wildman–Crippen MR) is 222 cm³/mol. The molecule has 0 aromatic carbocycles. The van der Waals surface area contributed by atoms with Crippen LogP contribution < -0.4 is 5.32 Å². The summed E-state index contributed by atoms with van der Waals surface area (Å²) < 4.78 is 5.88. The number of ether oxygens (including phenoxy) is 1. The number of carbonyl (C=O) groups is 2. The second-order valence-electron chi connectivity index (χ2n) is 15.1. The van der Waals surface area contributed by atoms with Crippen LogP contribution in [0.5, 0.6) is 0 Å². The zero-order valence-corrected chi connectivity index (χ0v) is 34.4. The average molecular weight is 732 g/mol. The molecule has 0 aliphatic rings. The Hall–Kier alpha value is -1.92. The first-order valence-electron chi connectivity index (χ1n) is 22.2. The van der Waals surface area contributed by atoms with Crippen molar-refractivity contribution in [2.24, 2.45) is 0 Å². The SMILES string of the molecule is CC/C=C/C/C=C/CCCCCCCC(CC(=O)NC(CO)C(O)CCCCCCCCCCC)OC(=O)CCCCCCC/C=C\CCCCC. The van der Waals surface area contributed by atoms with E-state index in [2.05, 4.69) is 62.5 Å². The second-order valence-corrected chi connectivity index (χ2v) is 15.1. The highest BCUT2D eigenvalue weighted by Gasteiger charge is 2.24. The molecule has 0 aromatic rings. The Morgan fingerprint density at radius 3 is 1.62 bits per heavy atom. The van der Waals surface area contributed by atoms with Crippen molar-refractivity contribution in [3.8, 4) is 0 Å². The highest BCUT2D eigenvalue weighted by molar-refractivity contribution is 5.77. The van der Waals surface area contributed by atoms with Crippen LogP contribution in [0, 0.1) is 0 Å². The van der Waals surface area contributed by atoms with E-state index in [9.17, 15) is 19.8 Å². The topological polar surface area (TPSA) is 95.9 Å². The zero-order chi connectivity index (χ0) is 38.2. The predicted octanol–water partition coefficient (Wildman–Crippen LogP) is 12.6. The van der Waals surface area contributed by atoms with Gasteiger partial charge in [0.05, 0.1) is 25.2 Å². The van der Waals surface area contributed by atoms with Gasteiger partial charge in [-0.3, -0.25) is 9.59 Å². The van der Waals surface area contributed by atoms with Crippen molar-refractivity contribution < 1.29 is 24.5 Å². The molecule has 0 fully saturated rings. The molecular weight excluding hydrogens is 647 g/mol. The summed E-state index contributed by atoms with van der Waals surface area (Å²) >= 11 is 0. The molecule has 0 aliphatic heterocycles. The van der Waals surface area contributed by atoms with Crippen LogP contribution in [0.25, 0.3) is 0 Å². The molecule has 1 amide bonds. The average Bonchev–Trinajstić information content (AvgIpc) is 3.13. The number of nitrogens with one attached hydrogen (secondary N) is 1. The minimum absolute atomic E-state index is 0.0657. The Balaban J connectivity index is 4.63. The van der Waals surface area contributed by atoms with E-state index in [0.717, 1.165) is 83.5 Å². The standard InChI is InChI=1S/C46H85NO5/c1-4-7-10-13-16-19-21-23-26-28-31-34-37-42(52-46(51)39-36-33-30-27-24-22-20-17-14-11-8-5-2)40-45(50)47-43(41-48)44(49)38-35-32-29-25-18-15-12-9-6-3/h7,10,16-17,19-20,42-44,48-49H,4-6,8-9,11-15,18,21-41H2,1-3H3,(H,47,50)/b10-7+,19-16+,20-17-. The number of rotatable bonds is 39. The van der Waals surface area contributed by atoms with Crippen LogP contribution in [0.15, 0.2) is 36.5 Å². The third-order valence-corrected chi connectivity index (χ3v) is 9.95. The van der Waals surface area contributed by atoms with Gasteiger partial charge < -0.3 is 20.3 Å². The number of unbranched alkanes of at least 4 members (excludes halogenated alkanes) is 21. The highest BCUT2D eigenvalue weighted by atomic mass is 16.5. The van der Waals surface area contributed by atoms with Gasteiger partial charge in [0.15, 0.2) is 0 Å². The Morgan fingerprint density at radius 1 is 0.577 bits per heavy atom. The lowest BCUT2D eigenvalue weighted by atomic mass is 10.0. The first kappa shape index (κ1) is 50.1. The van der Waals surface area contributed by atoms with Crippen LogP contribution >= 0.6 is 0 Å². The molecule has 0 radical (unpaired) electrons. The first-order valence-corrected chi connectivity index (χ1v) is 22.2. The molecule has 0 aromatic heterocycles. The molecule has 0 rings (SSSR count). The van der Waals surface area contributed by atoms with Crippen molar-refractivity contribution in [1.82, 2.24) is 5.32 Å². The van der Waals surface area contributed by atoms with E-state index >= 15 is 0 Å². The van der Waals surface area contributed by atoms with Crippen LogP contribution in [0.1, 0.15) is 220 Å². The molecule has 3 atom stereocenters. The molecule has 0 aliphatic carbocycles. The maximum absolute atomic E-state index is 13.1. The molecule has 3 N–H and O–H groups in total. The van der Waals surface area contributed by atoms with Crippen molar-refractivity contribution in [3.63, 3.8) is 0 Å². The van der Waals surface area contributed by atoms with Gasteiger partial charge in [0.25, 0.3) is 0 Å². The largest absolute Gasteiger partial charge is 0.462 e. The minimum Gasteiger partial charge on any atom is -0.462 e. The molecule has 304 valence electrons. The monoisotopic (exact) mass is 732 g/mol. The molecular formula is C46H85NO5. The minimum atomic E-state index is -0.788. The number of hydrogen-bond acceptors (Lipinski definition) is 5. The summed E-state index contributed by atoms with van der Waals surface area (Å²) in [4.78, 5) is 25.9. The van der Waals surface area contributed by atoms with Gasteiger partial charge in [0.1, 0.15) is 6.10 Å². The van der Waals surface area contributed by atoms with Gasteiger partial charge in [0, 0.05) is 6.42 Å². The van der Waals surface area contributed by atoms with Crippen molar-refractivity contribution in [2.45, 2.75) is 238 Å². The van der Waals surface area contributed by atoms with Gasteiger partial charge in [-0.25, -0.2) is 0 Å². The van der Waals surface area contributed by atoms with E-state index in [-0.39, 0.29) is 24.9 Å². The zero-order valence-electron chi connectivity index (χ0n) is 34.4. The number of esters is 1. The molecule has 6 nitrogen and oxygen atoms in total. The van der Waals surface area contributed by atoms with Crippen molar-refractivity contribution in [3.05, 3.63) is 36.5 Å². The summed E-state index contributed by atoms with van der Waals surface area (Å²) in [5.74, 6) is -0.500. The van der Waals surface area contributed by atoms with E-state index in [0.29, 0.717) is 19.3 Å². The number of aliphatic hydroxyl groups is 2. The maximum Gasteiger partial charge on any atom is 0.306 e. The molecule has 0 bridgehead atoms. The van der Waals surface area contributed by atoms with E-state index in [1.54, 1.807) is 0 Å². The van der Waals surface area contributed by atoms with Crippen LogP contribution in [-0.4, -0.2) is 46.9 Å². The lowest BCUT2D eigenvalue weighted by molar-refractivity contribution is -0.151. The second kappa shape index (κ2) is 40.3. The van der Waals surface area contributed by atoms with Gasteiger partial charge in [-0.1, -0.05) is 166 Å². The summed E-state index contributed by atoms with van der Waals surface area (Å²) in [6.45, 7) is 6.31. The Bertz CT molecular complexity index is 869. The van der Waals surface area contributed by atoms with E-state index < -0.39 is 18.2 Å². The summed E-state index contributed by atoms with van der Waals surface area (Å²) in [6.07, 6.45) is 44.9. The number of hydrogen-bond donors (Lipinski definition) is 3. The van der Waals surface area contributed by atoms with E-state index in [1.807, 2.05) is 0 Å². The summed E-state index contributed by atoms with van der Waals surface area (Å²) in [5.41, 5.74) is 0. The third-order valence-electron chi connectivity index (χ3n) is 9.95. The van der Waals surface area contributed by atoms with Crippen molar-refractivity contribution in [2.75, 3.05) is 6.61 Å². The molecule has 6 heteroatoms. The molecule has 52 heavy (non-hydrogen) atoms. The number of allylic oxidation sites excluding steroid dienone is 6. The molecule has 0 saturated carbocycles. The first-order chi connectivity index (χ1) is 25.5. The van der Waals surface area contributed by atoms with Gasteiger partial charge in [-0.15, -0.1) is 0 Å². The smallest absolute Gasteiger partial charge is 0.306 e. The van der Waals surface area contributed by atoms with Crippen LogP contribution in [0.3, 0.4) is 0 Å².